The minimum atomic E-state index is -3.70. The Bertz CT molecular complexity index is 872. The van der Waals surface area contributed by atoms with Crippen molar-refractivity contribution in [2.24, 2.45) is 0 Å². The lowest BCUT2D eigenvalue weighted by molar-refractivity contribution is -0.117. The van der Waals surface area contributed by atoms with Crippen molar-refractivity contribution in [3.8, 4) is 0 Å². The first-order valence-corrected chi connectivity index (χ1v) is 10.1. The molecule has 1 amide bonds. The van der Waals surface area contributed by atoms with Crippen LogP contribution in [-0.4, -0.2) is 26.6 Å². The zero-order valence-corrected chi connectivity index (χ0v) is 16.1. The molecule has 0 heterocycles. The molecule has 0 aliphatic heterocycles. The summed E-state index contributed by atoms with van der Waals surface area (Å²) in [5.41, 5.74) is 0.832. The van der Waals surface area contributed by atoms with Gasteiger partial charge in [-0.15, -0.1) is 0 Å². The molecule has 1 atom stereocenters. The van der Waals surface area contributed by atoms with Crippen LogP contribution in [0.15, 0.2) is 48.5 Å². The number of hydrogen-bond acceptors (Lipinski definition) is 3. The van der Waals surface area contributed by atoms with Crippen molar-refractivity contribution in [2.75, 3.05) is 15.9 Å². The van der Waals surface area contributed by atoms with Crippen molar-refractivity contribution in [3.05, 3.63) is 58.6 Å². The summed E-state index contributed by atoms with van der Waals surface area (Å²) in [6.07, 6.45) is 1.34. The predicted octanol–water partition coefficient (Wildman–Crippen LogP) is 4.18. The summed E-state index contributed by atoms with van der Waals surface area (Å²) in [6.45, 7) is 1.74. The summed E-state index contributed by atoms with van der Waals surface area (Å²) in [4.78, 5) is 12.7. The van der Waals surface area contributed by atoms with Gasteiger partial charge in [0.2, 0.25) is 15.9 Å². The molecule has 0 aromatic heterocycles. The number of benzene rings is 2. The van der Waals surface area contributed by atoms with Gasteiger partial charge >= 0.3 is 0 Å². The Kier molecular flexibility index (Phi) is 6.32. The van der Waals surface area contributed by atoms with Gasteiger partial charge in [-0.25, -0.2) is 8.42 Å². The molecule has 2 aromatic rings. The zero-order valence-electron chi connectivity index (χ0n) is 13.7. The lowest BCUT2D eigenvalue weighted by Gasteiger charge is -2.30. The highest BCUT2D eigenvalue weighted by Crippen LogP contribution is 2.26. The molecule has 0 radical (unpaired) electrons. The molecule has 0 aliphatic carbocycles. The molecule has 0 fully saturated rings. The molecule has 1 N–H and O–H groups in total. The molecule has 25 heavy (non-hydrogen) atoms. The standard InChI is InChI=1S/C17H18Cl2N2O3S/c1-3-16(17(22)20-14-8-4-6-12(18)10-14)21(25(2,23)24)15-9-5-7-13(19)11-15/h4-11,16H,3H2,1-2H3,(H,20,22). The first-order chi connectivity index (χ1) is 11.7. The van der Waals surface area contributed by atoms with Gasteiger partial charge < -0.3 is 5.32 Å². The van der Waals surface area contributed by atoms with Crippen molar-refractivity contribution in [3.63, 3.8) is 0 Å². The molecule has 134 valence electrons. The molecule has 0 aliphatic rings. The van der Waals surface area contributed by atoms with Crippen LogP contribution in [0.5, 0.6) is 0 Å². The molecule has 1 unspecified atom stereocenters. The van der Waals surface area contributed by atoms with E-state index in [2.05, 4.69) is 5.32 Å². The highest BCUT2D eigenvalue weighted by molar-refractivity contribution is 7.92. The summed E-state index contributed by atoms with van der Waals surface area (Å²) in [5.74, 6) is -0.449. The molecule has 2 rings (SSSR count). The molecule has 2 aromatic carbocycles. The van der Waals surface area contributed by atoms with Crippen LogP contribution in [0.25, 0.3) is 0 Å². The van der Waals surface area contributed by atoms with Gasteiger partial charge in [0.05, 0.1) is 11.9 Å². The van der Waals surface area contributed by atoms with Gasteiger partial charge in [0.25, 0.3) is 0 Å². The van der Waals surface area contributed by atoms with E-state index in [9.17, 15) is 13.2 Å². The number of hydrogen-bond donors (Lipinski definition) is 1. The maximum Gasteiger partial charge on any atom is 0.248 e. The second-order valence-electron chi connectivity index (χ2n) is 5.46. The van der Waals surface area contributed by atoms with Crippen LogP contribution in [0.3, 0.4) is 0 Å². The average molecular weight is 401 g/mol. The van der Waals surface area contributed by atoms with Crippen LogP contribution >= 0.6 is 23.2 Å². The number of carbonyl (C=O) groups is 1. The van der Waals surface area contributed by atoms with E-state index in [0.29, 0.717) is 21.4 Å². The largest absolute Gasteiger partial charge is 0.324 e. The Balaban J connectivity index is 2.38. The number of carbonyl (C=O) groups excluding carboxylic acids is 1. The van der Waals surface area contributed by atoms with Crippen LogP contribution in [0.1, 0.15) is 13.3 Å². The predicted molar refractivity (Wildman–Crippen MR) is 103 cm³/mol. The molecule has 0 bridgehead atoms. The third kappa shape index (κ3) is 5.11. The fourth-order valence-corrected chi connectivity index (χ4v) is 4.04. The molecular weight excluding hydrogens is 383 g/mol. The van der Waals surface area contributed by atoms with Crippen LogP contribution in [0.2, 0.25) is 10.0 Å². The average Bonchev–Trinajstić information content (AvgIpc) is 2.51. The summed E-state index contributed by atoms with van der Waals surface area (Å²) < 4.78 is 25.8. The molecule has 0 saturated carbocycles. The number of halogens is 2. The fraction of sp³-hybridized carbons (Fsp3) is 0.235. The van der Waals surface area contributed by atoms with Crippen LogP contribution in [-0.2, 0) is 14.8 Å². The lowest BCUT2D eigenvalue weighted by atomic mass is 10.2. The van der Waals surface area contributed by atoms with Crippen LogP contribution < -0.4 is 9.62 Å². The van der Waals surface area contributed by atoms with Gasteiger partial charge in [-0.2, -0.15) is 0 Å². The van der Waals surface area contributed by atoms with E-state index in [4.69, 9.17) is 23.2 Å². The summed E-state index contributed by atoms with van der Waals surface area (Å²) in [6, 6.07) is 12.1. The molecule has 5 nitrogen and oxygen atoms in total. The van der Waals surface area contributed by atoms with Crippen LogP contribution in [0, 0.1) is 0 Å². The first kappa shape index (κ1) is 19.6. The van der Waals surface area contributed by atoms with E-state index >= 15 is 0 Å². The minimum Gasteiger partial charge on any atom is -0.324 e. The van der Waals surface area contributed by atoms with Gasteiger partial charge in [0.15, 0.2) is 0 Å². The fourth-order valence-electron chi connectivity index (χ4n) is 2.47. The Labute approximate surface area is 157 Å². The second kappa shape index (κ2) is 8.08. The molecule has 0 spiro atoms. The third-order valence-electron chi connectivity index (χ3n) is 3.48. The second-order valence-corrected chi connectivity index (χ2v) is 8.19. The van der Waals surface area contributed by atoms with Gasteiger partial charge in [-0.05, 0) is 42.8 Å². The van der Waals surface area contributed by atoms with Crippen molar-refractivity contribution in [1.29, 1.82) is 0 Å². The number of nitrogens with zero attached hydrogens (tertiary/aromatic N) is 1. The smallest absolute Gasteiger partial charge is 0.248 e. The molecule has 0 saturated heterocycles. The first-order valence-electron chi connectivity index (χ1n) is 7.53. The van der Waals surface area contributed by atoms with Crippen molar-refractivity contribution >= 4 is 50.5 Å². The van der Waals surface area contributed by atoms with Crippen molar-refractivity contribution in [2.45, 2.75) is 19.4 Å². The third-order valence-corrected chi connectivity index (χ3v) is 5.13. The summed E-state index contributed by atoms with van der Waals surface area (Å²) in [7, 11) is -3.70. The van der Waals surface area contributed by atoms with Crippen molar-refractivity contribution < 1.29 is 13.2 Å². The summed E-state index contributed by atoms with van der Waals surface area (Å²) >= 11 is 11.9. The van der Waals surface area contributed by atoms with Crippen molar-refractivity contribution in [1.82, 2.24) is 0 Å². The van der Waals surface area contributed by atoms with Gasteiger partial charge in [-0.3, -0.25) is 9.10 Å². The van der Waals surface area contributed by atoms with Gasteiger partial charge in [0, 0.05) is 15.7 Å². The number of rotatable bonds is 6. The van der Waals surface area contributed by atoms with E-state index < -0.39 is 22.0 Å². The Morgan fingerprint density at radius 2 is 1.72 bits per heavy atom. The number of amides is 1. The van der Waals surface area contributed by atoms with E-state index in [1.807, 2.05) is 0 Å². The van der Waals surface area contributed by atoms with E-state index in [0.717, 1.165) is 10.6 Å². The van der Waals surface area contributed by atoms with Crippen LogP contribution in [0.4, 0.5) is 11.4 Å². The van der Waals surface area contributed by atoms with E-state index in [-0.39, 0.29) is 6.42 Å². The highest BCUT2D eigenvalue weighted by Gasteiger charge is 2.31. The summed E-state index contributed by atoms with van der Waals surface area (Å²) in [5, 5.41) is 3.57. The Morgan fingerprint density at radius 1 is 1.12 bits per heavy atom. The van der Waals surface area contributed by atoms with E-state index in [1.165, 1.54) is 6.07 Å². The number of nitrogens with one attached hydrogen (secondary N) is 1. The maximum absolute atomic E-state index is 12.7. The number of sulfonamides is 1. The number of anilines is 2. The monoisotopic (exact) mass is 400 g/mol. The normalized spacial score (nSPS) is 12.5. The van der Waals surface area contributed by atoms with Gasteiger partial charge in [-0.1, -0.05) is 42.3 Å². The molecule has 8 heteroatoms. The quantitative estimate of drug-likeness (QED) is 0.790. The Morgan fingerprint density at radius 3 is 2.24 bits per heavy atom. The minimum absolute atomic E-state index is 0.284. The maximum atomic E-state index is 12.7. The van der Waals surface area contributed by atoms with E-state index in [1.54, 1.807) is 49.4 Å². The lowest BCUT2D eigenvalue weighted by Crippen LogP contribution is -2.47. The Hall–Kier alpha value is -1.76. The SMILES string of the molecule is CCC(C(=O)Nc1cccc(Cl)c1)N(c1cccc(Cl)c1)S(C)(=O)=O. The van der Waals surface area contributed by atoms with Gasteiger partial charge in [0.1, 0.15) is 6.04 Å². The molecular formula is C17H18Cl2N2O3S. The zero-order chi connectivity index (χ0) is 18.6. The topological polar surface area (TPSA) is 66.5 Å². The highest BCUT2D eigenvalue weighted by atomic mass is 35.5.